The van der Waals surface area contributed by atoms with Gasteiger partial charge in [-0.2, -0.15) is 0 Å². The number of allylic oxidation sites excluding steroid dienone is 1. The molecule has 0 spiro atoms. The van der Waals surface area contributed by atoms with E-state index in [4.69, 9.17) is 9.47 Å². The van der Waals surface area contributed by atoms with Crippen LogP contribution in [0, 0.1) is 0 Å². The van der Waals surface area contributed by atoms with Gasteiger partial charge in [0, 0.05) is 5.56 Å². The molecule has 0 saturated carbocycles. The fourth-order valence-corrected chi connectivity index (χ4v) is 3.71. The average Bonchev–Trinajstić information content (AvgIpc) is 3.13. The third kappa shape index (κ3) is 3.02. The van der Waals surface area contributed by atoms with E-state index in [-0.39, 0.29) is 0 Å². The molecule has 4 rings (SSSR count). The van der Waals surface area contributed by atoms with E-state index in [9.17, 15) is 4.79 Å². The highest BCUT2D eigenvalue weighted by Gasteiger charge is 2.27. The fourth-order valence-electron chi connectivity index (χ4n) is 3.71. The van der Waals surface area contributed by atoms with Gasteiger partial charge in [0.25, 0.3) is 0 Å². The summed E-state index contributed by atoms with van der Waals surface area (Å²) in [4.78, 5) is 11.7. The molecule has 0 aromatic heterocycles. The number of ether oxygens (including phenoxy) is 2. The van der Waals surface area contributed by atoms with E-state index < -0.39 is 0 Å². The topological polar surface area (TPSA) is 35.5 Å². The SMILES string of the molecule is COc1ccc(C2=C(c3ccccc3)c3cc(OC)cc(C=O)c3C2)cc1. The third-order valence-electron chi connectivity index (χ3n) is 5.05. The van der Waals surface area contributed by atoms with Gasteiger partial charge in [0.15, 0.2) is 0 Å². The number of hydrogen-bond acceptors (Lipinski definition) is 3. The number of rotatable bonds is 5. The Bertz CT molecular complexity index is 1020. The molecule has 0 bridgehead atoms. The van der Waals surface area contributed by atoms with Crippen molar-refractivity contribution in [2.45, 2.75) is 6.42 Å². The van der Waals surface area contributed by atoms with Crippen molar-refractivity contribution in [1.29, 1.82) is 0 Å². The first-order valence-corrected chi connectivity index (χ1v) is 8.84. The predicted molar refractivity (Wildman–Crippen MR) is 107 cm³/mol. The van der Waals surface area contributed by atoms with Crippen molar-refractivity contribution in [1.82, 2.24) is 0 Å². The zero-order valence-electron chi connectivity index (χ0n) is 15.4. The molecule has 0 N–H and O–H groups in total. The number of carbonyl (C=O) groups is 1. The van der Waals surface area contributed by atoms with Gasteiger partial charge in [-0.25, -0.2) is 0 Å². The Hall–Kier alpha value is -3.33. The maximum Gasteiger partial charge on any atom is 0.150 e. The van der Waals surface area contributed by atoms with E-state index >= 15 is 0 Å². The summed E-state index contributed by atoms with van der Waals surface area (Å²) in [5.41, 5.74) is 7.41. The van der Waals surface area contributed by atoms with E-state index in [1.165, 1.54) is 5.57 Å². The average molecular weight is 356 g/mol. The highest BCUT2D eigenvalue weighted by atomic mass is 16.5. The summed E-state index contributed by atoms with van der Waals surface area (Å²) in [6, 6.07) is 22.2. The number of hydrogen-bond donors (Lipinski definition) is 0. The molecule has 0 saturated heterocycles. The lowest BCUT2D eigenvalue weighted by molar-refractivity contribution is 0.112. The van der Waals surface area contributed by atoms with Crippen LogP contribution >= 0.6 is 0 Å². The minimum absolute atomic E-state index is 0.682. The molecule has 0 unspecified atom stereocenters. The van der Waals surface area contributed by atoms with Crippen molar-refractivity contribution in [3.8, 4) is 11.5 Å². The molecule has 0 radical (unpaired) electrons. The number of carbonyl (C=O) groups excluding carboxylic acids is 1. The predicted octanol–water partition coefficient (Wildman–Crippen LogP) is 5.03. The Morgan fingerprint density at radius 3 is 2.15 bits per heavy atom. The Kier molecular flexibility index (Phi) is 4.51. The first kappa shape index (κ1) is 17.1. The molecule has 134 valence electrons. The third-order valence-corrected chi connectivity index (χ3v) is 5.05. The maximum absolute atomic E-state index is 11.7. The second-order valence-electron chi connectivity index (χ2n) is 6.49. The van der Waals surface area contributed by atoms with Gasteiger partial charge in [-0.3, -0.25) is 4.79 Å². The van der Waals surface area contributed by atoms with Crippen molar-refractivity contribution in [3.05, 3.63) is 94.5 Å². The molecule has 0 heterocycles. The number of methoxy groups -OCH3 is 2. The summed E-state index contributed by atoms with van der Waals surface area (Å²) < 4.78 is 10.7. The van der Waals surface area contributed by atoms with Gasteiger partial charge in [-0.05, 0) is 64.1 Å². The van der Waals surface area contributed by atoms with Crippen LogP contribution in [0.3, 0.4) is 0 Å². The molecular weight excluding hydrogens is 336 g/mol. The van der Waals surface area contributed by atoms with Crippen molar-refractivity contribution < 1.29 is 14.3 Å². The van der Waals surface area contributed by atoms with Crippen LogP contribution < -0.4 is 9.47 Å². The first-order chi connectivity index (χ1) is 13.2. The van der Waals surface area contributed by atoms with E-state index in [1.54, 1.807) is 14.2 Å². The van der Waals surface area contributed by atoms with Crippen molar-refractivity contribution in [3.63, 3.8) is 0 Å². The van der Waals surface area contributed by atoms with E-state index in [0.29, 0.717) is 17.7 Å². The number of fused-ring (bicyclic) bond motifs is 1. The monoisotopic (exact) mass is 356 g/mol. The molecular formula is C24H20O3. The zero-order valence-corrected chi connectivity index (χ0v) is 15.4. The number of aldehydes is 1. The normalized spacial score (nSPS) is 12.7. The Morgan fingerprint density at radius 2 is 1.52 bits per heavy atom. The molecule has 27 heavy (non-hydrogen) atoms. The van der Waals surface area contributed by atoms with Gasteiger partial charge in [0.05, 0.1) is 14.2 Å². The van der Waals surface area contributed by atoms with Crippen molar-refractivity contribution in [2.24, 2.45) is 0 Å². The molecule has 0 fully saturated rings. The minimum Gasteiger partial charge on any atom is -0.497 e. The number of benzene rings is 3. The van der Waals surface area contributed by atoms with Crippen LogP contribution in [-0.4, -0.2) is 20.5 Å². The molecule has 1 aliphatic rings. The van der Waals surface area contributed by atoms with E-state index in [1.807, 2.05) is 42.5 Å². The van der Waals surface area contributed by atoms with Crippen molar-refractivity contribution >= 4 is 17.4 Å². The minimum atomic E-state index is 0.682. The molecule has 3 aromatic rings. The zero-order chi connectivity index (χ0) is 18.8. The van der Waals surface area contributed by atoms with Gasteiger partial charge < -0.3 is 9.47 Å². The smallest absolute Gasteiger partial charge is 0.150 e. The molecule has 3 heteroatoms. The molecule has 3 aromatic carbocycles. The highest BCUT2D eigenvalue weighted by Crippen LogP contribution is 2.44. The Labute approximate surface area is 158 Å². The summed E-state index contributed by atoms with van der Waals surface area (Å²) in [5, 5.41) is 0. The summed E-state index contributed by atoms with van der Waals surface area (Å²) in [5.74, 6) is 1.52. The Morgan fingerprint density at radius 1 is 0.815 bits per heavy atom. The van der Waals surface area contributed by atoms with Crippen LogP contribution in [0.4, 0.5) is 0 Å². The second-order valence-corrected chi connectivity index (χ2v) is 6.49. The van der Waals surface area contributed by atoms with Crippen molar-refractivity contribution in [2.75, 3.05) is 14.2 Å². The quantitative estimate of drug-likeness (QED) is 0.601. The van der Waals surface area contributed by atoms with Crippen LogP contribution in [0.5, 0.6) is 11.5 Å². The molecule has 3 nitrogen and oxygen atoms in total. The van der Waals surface area contributed by atoms with Gasteiger partial charge >= 0.3 is 0 Å². The van der Waals surface area contributed by atoms with Crippen LogP contribution in [0.1, 0.15) is 32.6 Å². The highest BCUT2D eigenvalue weighted by molar-refractivity contribution is 6.05. The molecule has 0 amide bonds. The van der Waals surface area contributed by atoms with Crippen LogP contribution in [0.2, 0.25) is 0 Å². The van der Waals surface area contributed by atoms with E-state index in [2.05, 4.69) is 24.3 Å². The summed E-state index contributed by atoms with van der Waals surface area (Å²) >= 11 is 0. The first-order valence-electron chi connectivity index (χ1n) is 8.84. The van der Waals surface area contributed by atoms with Crippen LogP contribution in [-0.2, 0) is 6.42 Å². The summed E-state index contributed by atoms with van der Waals surface area (Å²) in [6.07, 6.45) is 1.63. The lowest BCUT2D eigenvalue weighted by Crippen LogP contribution is -1.96. The van der Waals surface area contributed by atoms with Gasteiger partial charge in [0.2, 0.25) is 0 Å². The lowest BCUT2D eigenvalue weighted by Gasteiger charge is -2.11. The standard InChI is InChI=1S/C24H20O3/c1-26-19-10-8-16(9-11-19)22-14-21-18(15-25)12-20(27-2)13-23(21)24(22)17-6-4-3-5-7-17/h3-13,15H,14H2,1-2H3. The molecule has 0 atom stereocenters. The van der Waals surface area contributed by atoms with Gasteiger partial charge in [0.1, 0.15) is 17.8 Å². The van der Waals surface area contributed by atoms with Gasteiger partial charge in [-0.15, -0.1) is 0 Å². The second kappa shape index (κ2) is 7.12. The van der Waals surface area contributed by atoms with Crippen LogP contribution in [0.15, 0.2) is 66.7 Å². The maximum atomic E-state index is 11.7. The summed E-state index contributed by atoms with van der Waals surface area (Å²) in [7, 11) is 3.29. The Balaban J connectivity index is 1.96. The van der Waals surface area contributed by atoms with E-state index in [0.717, 1.165) is 39.9 Å². The lowest BCUT2D eigenvalue weighted by atomic mass is 9.94. The molecule has 0 aliphatic heterocycles. The fraction of sp³-hybridized carbons (Fsp3) is 0.125. The summed E-state index contributed by atoms with van der Waals surface area (Å²) in [6.45, 7) is 0. The largest absolute Gasteiger partial charge is 0.497 e. The van der Waals surface area contributed by atoms with Crippen LogP contribution in [0.25, 0.3) is 11.1 Å². The molecule has 1 aliphatic carbocycles. The van der Waals surface area contributed by atoms with Gasteiger partial charge in [-0.1, -0.05) is 42.5 Å².